The van der Waals surface area contributed by atoms with Crippen molar-refractivity contribution in [3.63, 3.8) is 0 Å². The highest BCUT2D eigenvalue weighted by Gasteiger charge is 2.25. The molecule has 0 amide bonds. The SMILES string of the molecule is CC(C(Cc1ccc(Cl)cc1)NN)S(C)(=O)=O. The number of hydrogen-bond acceptors (Lipinski definition) is 4. The number of sulfone groups is 1. The van der Waals surface area contributed by atoms with E-state index in [1.165, 1.54) is 6.26 Å². The summed E-state index contributed by atoms with van der Waals surface area (Å²) in [7, 11) is -3.11. The molecule has 2 unspecified atom stereocenters. The molecule has 96 valence electrons. The number of rotatable bonds is 5. The molecule has 1 aromatic rings. The van der Waals surface area contributed by atoms with Crippen molar-refractivity contribution in [2.24, 2.45) is 5.84 Å². The number of nitrogens with two attached hydrogens (primary N) is 1. The van der Waals surface area contributed by atoms with Gasteiger partial charge < -0.3 is 0 Å². The van der Waals surface area contributed by atoms with E-state index in [4.69, 9.17) is 17.4 Å². The Morgan fingerprint density at radius 3 is 2.29 bits per heavy atom. The second-order valence-corrected chi connectivity index (χ2v) is 6.98. The quantitative estimate of drug-likeness (QED) is 0.625. The molecule has 3 N–H and O–H groups in total. The molecule has 0 spiro atoms. The molecular weight excluding hydrogens is 260 g/mol. The molecule has 0 fully saturated rings. The van der Waals surface area contributed by atoms with Gasteiger partial charge in [0, 0.05) is 17.3 Å². The monoisotopic (exact) mass is 276 g/mol. The molecule has 0 aliphatic rings. The lowest BCUT2D eigenvalue weighted by Gasteiger charge is -2.21. The Morgan fingerprint density at radius 2 is 1.88 bits per heavy atom. The molecule has 6 heteroatoms. The van der Waals surface area contributed by atoms with Gasteiger partial charge in [-0.1, -0.05) is 23.7 Å². The Hall–Kier alpha value is -0.620. The third-order valence-electron chi connectivity index (χ3n) is 2.82. The minimum Gasteiger partial charge on any atom is -0.271 e. The average Bonchev–Trinajstić information content (AvgIpc) is 2.26. The van der Waals surface area contributed by atoms with Crippen molar-refractivity contribution in [2.45, 2.75) is 24.6 Å². The van der Waals surface area contributed by atoms with E-state index in [-0.39, 0.29) is 6.04 Å². The summed E-state index contributed by atoms with van der Waals surface area (Å²) < 4.78 is 22.9. The highest BCUT2D eigenvalue weighted by Crippen LogP contribution is 2.14. The fraction of sp³-hybridized carbons (Fsp3) is 0.455. The van der Waals surface area contributed by atoms with Gasteiger partial charge in [-0.05, 0) is 31.0 Å². The summed E-state index contributed by atoms with van der Waals surface area (Å²) in [5, 5.41) is 0.116. The maximum Gasteiger partial charge on any atom is 0.151 e. The van der Waals surface area contributed by atoms with Crippen LogP contribution in [0.25, 0.3) is 0 Å². The van der Waals surface area contributed by atoms with Crippen molar-refractivity contribution >= 4 is 21.4 Å². The Morgan fingerprint density at radius 1 is 1.35 bits per heavy atom. The van der Waals surface area contributed by atoms with E-state index in [9.17, 15) is 8.42 Å². The number of nitrogens with one attached hydrogen (secondary N) is 1. The Balaban J connectivity index is 2.80. The Kier molecular flexibility index (Phi) is 4.94. The van der Waals surface area contributed by atoms with E-state index in [2.05, 4.69) is 5.43 Å². The van der Waals surface area contributed by atoms with Crippen LogP contribution >= 0.6 is 11.6 Å². The van der Waals surface area contributed by atoms with Crippen molar-refractivity contribution in [2.75, 3.05) is 6.26 Å². The van der Waals surface area contributed by atoms with Crippen molar-refractivity contribution in [1.82, 2.24) is 5.43 Å². The lowest BCUT2D eigenvalue weighted by molar-refractivity contribution is 0.494. The third-order valence-corrected chi connectivity index (χ3v) is 4.76. The van der Waals surface area contributed by atoms with Crippen LogP contribution < -0.4 is 11.3 Å². The molecule has 0 radical (unpaired) electrons. The summed E-state index contributed by atoms with van der Waals surface area (Å²) >= 11 is 5.78. The number of hydrogen-bond donors (Lipinski definition) is 2. The van der Waals surface area contributed by atoms with Crippen LogP contribution in [0.4, 0.5) is 0 Å². The van der Waals surface area contributed by atoms with Crippen molar-refractivity contribution < 1.29 is 8.42 Å². The van der Waals surface area contributed by atoms with Gasteiger partial charge in [-0.2, -0.15) is 0 Å². The zero-order valence-electron chi connectivity index (χ0n) is 9.85. The molecule has 0 aliphatic heterocycles. The minimum absolute atomic E-state index is 0.314. The first-order valence-electron chi connectivity index (χ1n) is 5.24. The van der Waals surface area contributed by atoms with E-state index < -0.39 is 15.1 Å². The summed E-state index contributed by atoms with van der Waals surface area (Å²) in [4.78, 5) is 0. The molecule has 1 aromatic carbocycles. The fourth-order valence-corrected chi connectivity index (χ4v) is 2.43. The van der Waals surface area contributed by atoms with E-state index in [1.54, 1.807) is 19.1 Å². The molecule has 17 heavy (non-hydrogen) atoms. The summed E-state index contributed by atoms with van der Waals surface area (Å²) in [6, 6.07) is 6.96. The average molecular weight is 277 g/mol. The Labute approximate surface area is 107 Å². The van der Waals surface area contributed by atoms with Crippen LogP contribution in [-0.2, 0) is 16.3 Å². The van der Waals surface area contributed by atoms with E-state index >= 15 is 0 Å². The second-order valence-electron chi connectivity index (χ2n) is 4.14. The first kappa shape index (κ1) is 14.4. The Bertz CT molecular complexity index is 459. The summed E-state index contributed by atoms with van der Waals surface area (Å²) in [6.45, 7) is 1.65. The van der Waals surface area contributed by atoms with Crippen LogP contribution in [0.15, 0.2) is 24.3 Å². The topological polar surface area (TPSA) is 72.2 Å². The highest BCUT2D eigenvalue weighted by atomic mass is 35.5. The lowest BCUT2D eigenvalue weighted by atomic mass is 10.0. The van der Waals surface area contributed by atoms with Crippen molar-refractivity contribution in [3.8, 4) is 0 Å². The van der Waals surface area contributed by atoms with E-state index in [0.29, 0.717) is 11.4 Å². The van der Waals surface area contributed by atoms with Crippen LogP contribution in [0.5, 0.6) is 0 Å². The smallest absolute Gasteiger partial charge is 0.151 e. The lowest BCUT2D eigenvalue weighted by Crippen LogP contribution is -2.47. The van der Waals surface area contributed by atoms with Crippen LogP contribution in [0, 0.1) is 0 Å². The molecule has 0 bridgehead atoms. The van der Waals surface area contributed by atoms with Gasteiger partial charge in [-0.15, -0.1) is 0 Å². The van der Waals surface area contributed by atoms with Crippen molar-refractivity contribution in [1.29, 1.82) is 0 Å². The largest absolute Gasteiger partial charge is 0.271 e. The molecular formula is C11H17ClN2O2S. The van der Waals surface area contributed by atoms with Crippen LogP contribution in [0.1, 0.15) is 12.5 Å². The zero-order valence-corrected chi connectivity index (χ0v) is 11.4. The van der Waals surface area contributed by atoms with Crippen molar-refractivity contribution in [3.05, 3.63) is 34.9 Å². The van der Waals surface area contributed by atoms with Gasteiger partial charge in [0.1, 0.15) is 0 Å². The second kappa shape index (κ2) is 5.82. The summed E-state index contributed by atoms with van der Waals surface area (Å²) in [5.41, 5.74) is 3.55. The first-order chi connectivity index (χ1) is 7.84. The van der Waals surface area contributed by atoms with Crippen LogP contribution in [0.3, 0.4) is 0 Å². The van der Waals surface area contributed by atoms with Gasteiger partial charge in [0.2, 0.25) is 0 Å². The van der Waals surface area contributed by atoms with E-state index in [0.717, 1.165) is 5.56 Å². The molecule has 0 aromatic heterocycles. The third kappa shape index (κ3) is 4.27. The van der Waals surface area contributed by atoms with E-state index in [1.807, 2.05) is 12.1 Å². The molecule has 0 aliphatic carbocycles. The number of halogens is 1. The minimum atomic E-state index is -3.11. The maximum absolute atomic E-state index is 11.5. The van der Waals surface area contributed by atoms with Crippen LogP contribution in [0.2, 0.25) is 5.02 Å². The molecule has 1 rings (SSSR count). The fourth-order valence-electron chi connectivity index (χ4n) is 1.53. The van der Waals surface area contributed by atoms with Gasteiger partial charge in [0.25, 0.3) is 0 Å². The molecule has 0 saturated carbocycles. The standard InChI is InChI=1S/C11H17ClN2O2S/c1-8(17(2,15)16)11(14-13)7-9-3-5-10(12)6-4-9/h3-6,8,11,14H,7,13H2,1-2H3. The number of hydrazine groups is 1. The summed E-state index contributed by atoms with van der Waals surface area (Å²) in [5.74, 6) is 5.41. The normalized spacial score (nSPS) is 15.5. The zero-order chi connectivity index (χ0) is 13.1. The molecule has 0 heterocycles. The summed E-state index contributed by atoms with van der Waals surface area (Å²) in [6.07, 6.45) is 1.76. The van der Waals surface area contributed by atoms with Gasteiger partial charge in [-0.25, -0.2) is 8.42 Å². The predicted octanol–water partition coefficient (Wildman–Crippen LogP) is 1.15. The molecule has 4 nitrogen and oxygen atoms in total. The van der Waals surface area contributed by atoms with Gasteiger partial charge >= 0.3 is 0 Å². The number of benzene rings is 1. The maximum atomic E-state index is 11.5. The predicted molar refractivity (Wildman–Crippen MR) is 70.6 cm³/mol. The van der Waals surface area contributed by atoms with Gasteiger partial charge in [0.15, 0.2) is 9.84 Å². The van der Waals surface area contributed by atoms with Gasteiger partial charge in [0.05, 0.1) is 5.25 Å². The molecule has 2 atom stereocenters. The van der Waals surface area contributed by atoms with Gasteiger partial charge in [-0.3, -0.25) is 11.3 Å². The highest BCUT2D eigenvalue weighted by molar-refractivity contribution is 7.91. The molecule has 0 saturated heterocycles. The first-order valence-corrected chi connectivity index (χ1v) is 7.57. The van der Waals surface area contributed by atoms with Crippen LogP contribution in [-0.4, -0.2) is 26.0 Å².